The Morgan fingerprint density at radius 1 is 1.18 bits per heavy atom. The summed E-state index contributed by atoms with van der Waals surface area (Å²) in [5.74, 6) is -6.31. The van der Waals surface area contributed by atoms with E-state index in [0.29, 0.717) is 18.6 Å². The van der Waals surface area contributed by atoms with Crippen LogP contribution in [-0.2, 0) is 17.8 Å². The van der Waals surface area contributed by atoms with Gasteiger partial charge in [-0.25, -0.2) is 13.2 Å². The standard InChI is InChI=1S/C21H18F3N3O5.Na/c22-9-3-14(23)12(15(24)4-9)6-25-20(30)13-7-26-8-16-27(10-1-2-11(5-10)32-16)21(31)17(26)19(29)18(13)28;/h3-4,7,10-11,16,29H,1-2,5-6,8H2,(H,25,30);/q;+1/p-1/t10-,11+,16+;/m0./s1. The zero-order valence-corrected chi connectivity index (χ0v) is 19.6. The maximum Gasteiger partial charge on any atom is 1.00 e. The summed E-state index contributed by atoms with van der Waals surface area (Å²) in [6.45, 7) is -0.598. The first kappa shape index (κ1) is 23.8. The van der Waals surface area contributed by atoms with Gasteiger partial charge in [-0.2, -0.15) is 0 Å². The molecule has 2 aliphatic heterocycles. The second-order valence-electron chi connectivity index (χ2n) is 8.12. The number of benzene rings is 1. The van der Waals surface area contributed by atoms with E-state index < -0.39 is 64.3 Å². The number of nitrogens with one attached hydrogen (secondary N) is 1. The van der Waals surface area contributed by atoms with Gasteiger partial charge in [0.25, 0.3) is 11.8 Å². The van der Waals surface area contributed by atoms with Crippen molar-refractivity contribution in [2.24, 2.45) is 0 Å². The Balaban J connectivity index is 0.00000259. The number of hydrogen-bond acceptors (Lipinski definition) is 5. The molecule has 1 aliphatic carbocycles. The van der Waals surface area contributed by atoms with E-state index in [4.69, 9.17) is 4.74 Å². The van der Waals surface area contributed by atoms with Crippen LogP contribution in [0.5, 0.6) is 5.75 Å². The van der Waals surface area contributed by atoms with E-state index in [1.165, 1.54) is 9.47 Å². The van der Waals surface area contributed by atoms with Crippen LogP contribution in [0.4, 0.5) is 13.2 Å². The predicted octanol–water partition coefficient (Wildman–Crippen LogP) is -1.99. The Kier molecular flexibility index (Phi) is 6.34. The molecule has 0 unspecified atom stereocenters. The van der Waals surface area contributed by atoms with Crippen LogP contribution in [0.2, 0.25) is 0 Å². The van der Waals surface area contributed by atoms with Crippen LogP contribution in [0, 0.1) is 17.5 Å². The fraction of sp³-hybridized carbons (Fsp3) is 0.381. The Morgan fingerprint density at radius 2 is 1.88 bits per heavy atom. The second-order valence-corrected chi connectivity index (χ2v) is 8.12. The van der Waals surface area contributed by atoms with Gasteiger partial charge in [0.1, 0.15) is 28.7 Å². The third kappa shape index (κ3) is 3.96. The first-order chi connectivity index (χ1) is 15.2. The molecule has 1 N–H and O–H groups in total. The average molecular weight is 471 g/mol. The Labute approximate surface area is 207 Å². The molecular weight excluding hydrogens is 454 g/mol. The summed E-state index contributed by atoms with van der Waals surface area (Å²) < 4.78 is 47.8. The van der Waals surface area contributed by atoms with E-state index >= 15 is 0 Å². The van der Waals surface area contributed by atoms with Crippen LogP contribution in [0.15, 0.2) is 23.1 Å². The van der Waals surface area contributed by atoms with Crippen molar-refractivity contribution in [1.82, 2.24) is 14.8 Å². The molecule has 1 saturated carbocycles. The minimum absolute atomic E-state index is 0. The molecule has 5 rings (SSSR count). The number of fused-ring (bicyclic) bond motifs is 5. The second kappa shape index (κ2) is 8.79. The summed E-state index contributed by atoms with van der Waals surface area (Å²) >= 11 is 0. The molecule has 3 heterocycles. The first-order valence-corrected chi connectivity index (χ1v) is 10.1. The van der Waals surface area contributed by atoms with Crippen LogP contribution in [0.25, 0.3) is 0 Å². The maximum atomic E-state index is 13.8. The normalized spacial score (nSPS) is 22.9. The van der Waals surface area contributed by atoms with Crippen molar-refractivity contribution in [3.8, 4) is 5.75 Å². The topological polar surface area (TPSA) is 104 Å². The fourth-order valence-electron chi connectivity index (χ4n) is 4.70. The molecule has 3 atom stereocenters. The maximum absolute atomic E-state index is 13.8. The van der Waals surface area contributed by atoms with Gasteiger partial charge in [0.15, 0.2) is 11.7 Å². The van der Waals surface area contributed by atoms with Crippen LogP contribution in [-0.4, -0.2) is 39.7 Å². The molecule has 8 nitrogen and oxygen atoms in total. The van der Waals surface area contributed by atoms with E-state index in [1.807, 2.05) is 0 Å². The van der Waals surface area contributed by atoms with E-state index in [9.17, 15) is 32.7 Å². The predicted molar refractivity (Wildman–Crippen MR) is 100 cm³/mol. The van der Waals surface area contributed by atoms with Crippen molar-refractivity contribution < 1.29 is 62.2 Å². The number of amides is 2. The molecule has 3 aliphatic rings. The Morgan fingerprint density at radius 3 is 2.58 bits per heavy atom. The molecule has 2 fully saturated rings. The van der Waals surface area contributed by atoms with Gasteiger partial charge in [0, 0.05) is 36.5 Å². The van der Waals surface area contributed by atoms with Crippen molar-refractivity contribution in [1.29, 1.82) is 0 Å². The van der Waals surface area contributed by atoms with Crippen molar-refractivity contribution in [2.45, 2.75) is 50.7 Å². The van der Waals surface area contributed by atoms with Gasteiger partial charge in [-0.3, -0.25) is 14.4 Å². The third-order valence-electron chi connectivity index (χ3n) is 6.21. The number of hydrogen-bond donors (Lipinski definition) is 1. The molecule has 2 amide bonds. The summed E-state index contributed by atoms with van der Waals surface area (Å²) in [5.41, 5.74) is -2.70. The Hall–Kier alpha value is -2.34. The largest absolute Gasteiger partial charge is 1.00 e. The van der Waals surface area contributed by atoms with Crippen LogP contribution < -0.4 is 45.4 Å². The molecule has 1 aromatic heterocycles. The minimum Gasteiger partial charge on any atom is -0.868 e. The van der Waals surface area contributed by atoms with Gasteiger partial charge >= 0.3 is 29.6 Å². The van der Waals surface area contributed by atoms with Gasteiger partial charge in [0.05, 0.1) is 12.6 Å². The molecule has 2 aromatic rings. The summed E-state index contributed by atoms with van der Waals surface area (Å²) in [6.07, 6.45) is 2.72. The van der Waals surface area contributed by atoms with Gasteiger partial charge < -0.3 is 24.6 Å². The number of nitrogens with zero attached hydrogens (tertiary/aromatic N) is 2. The number of pyridine rings is 1. The monoisotopic (exact) mass is 471 g/mol. The molecular formula is C21H17F3N3NaO5. The summed E-state index contributed by atoms with van der Waals surface area (Å²) in [7, 11) is 0. The molecule has 1 saturated heterocycles. The molecule has 12 heteroatoms. The van der Waals surface area contributed by atoms with Gasteiger partial charge in [-0.05, 0) is 25.0 Å². The summed E-state index contributed by atoms with van der Waals surface area (Å²) in [5, 5.41) is 14.8. The van der Waals surface area contributed by atoms with E-state index in [2.05, 4.69) is 5.32 Å². The summed E-state index contributed by atoms with van der Waals surface area (Å²) in [4.78, 5) is 39.6. The minimum atomic E-state index is -1.20. The molecule has 0 spiro atoms. The molecule has 168 valence electrons. The third-order valence-corrected chi connectivity index (χ3v) is 6.21. The van der Waals surface area contributed by atoms with E-state index in [0.717, 1.165) is 19.0 Å². The smallest absolute Gasteiger partial charge is 0.868 e. The quantitative estimate of drug-likeness (QED) is 0.522. The van der Waals surface area contributed by atoms with Crippen molar-refractivity contribution in [3.05, 3.63) is 62.8 Å². The zero-order valence-electron chi connectivity index (χ0n) is 17.6. The van der Waals surface area contributed by atoms with Gasteiger partial charge in [0.2, 0.25) is 0 Å². The summed E-state index contributed by atoms with van der Waals surface area (Å²) in [6, 6.07) is 0.865. The van der Waals surface area contributed by atoms with Crippen molar-refractivity contribution >= 4 is 11.8 Å². The number of carbonyl (C=O) groups excluding carboxylic acids is 2. The van der Waals surface area contributed by atoms with E-state index in [-0.39, 0.29) is 53.9 Å². The molecule has 33 heavy (non-hydrogen) atoms. The number of aromatic nitrogens is 1. The van der Waals surface area contributed by atoms with Gasteiger partial charge in [-0.15, -0.1) is 0 Å². The van der Waals surface area contributed by atoms with Crippen LogP contribution in [0.1, 0.15) is 45.7 Å². The number of halogens is 3. The van der Waals surface area contributed by atoms with Gasteiger partial charge in [-0.1, -0.05) is 0 Å². The van der Waals surface area contributed by atoms with Crippen LogP contribution >= 0.6 is 0 Å². The number of ether oxygens (including phenoxy) is 1. The molecule has 1 aromatic carbocycles. The number of rotatable bonds is 3. The first-order valence-electron chi connectivity index (χ1n) is 10.1. The van der Waals surface area contributed by atoms with Crippen molar-refractivity contribution in [2.75, 3.05) is 0 Å². The fourth-order valence-corrected chi connectivity index (χ4v) is 4.70. The zero-order chi connectivity index (χ0) is 22.7. The average Bonchev–Trinajstić information content (AvgIpc) is 3.10. The number of carbonyl (C=O) groups is 2. The SMILES string of the molecule is O=C(NCc1c(F)cc(F)cc1F)c1cn2c(c([O-])c1=O)C(=O)N1[C@H]3CC[C@H](C3)O[C@@H]1C2.[Na+]. The van der Waals surface area contributed by atoms with Crippen LogP contribution in [0.3, 0.4) is 0 Å². The molecule has 2 bridgehead atoms. The molecule has 0 radical (unpaired) electrons. The van der Waals surface area contributed by atoms with E-state index in [1.54, 1.807) is 0 Å². The Bertz CT molecular complexity index is 1200. The van der Waals surface area contributed by atoms with Crippen molar-refractivity contribution in [3.63, 3.8) is 0 Å².